The summed E-state index contributed by atoms with van der Waals surface area (Å²) in [4.78, 5) is 11.9. The molecule has 0 aliphatic heterocycles. The average molecular weight is 364 g/mol. The van der Waals surface area contributed by atoms with Gasteiger partial charge in [-0.15, -0.1) is 11.8 Å². The van der Waals surface area contributed by atoms with Crippen molar-refractivity contribution in [3.8, 4) is 0 Å². The van der Waals surface area contributed by atoms with Crippen molar-refractivity contribution < 1.29 is 31.5 Å². The molecular formula is C15H25F5O2S. The van der Waals surface area contributed by atoms with Gasteiger partial charge in [-0.1, -0.05) is 27.7 Å². The van der Waals surface area contributed by atoms with Crippen LogP contribution >= 0.6 is 11.8 Å². The molecule has 2 atom stereocenters. The molecule has 0 saturated carbocycles. The number of thioether (sulfide) groups is 1. The molecule has 0 saturated heterocycles. The number of halogens is 5. The van der Waals surface area contributed by atoms with Crippen LogP contribution in [0.5, 0.6) is 0 Å². The van der Waals surface area contributed by atoms with Crippen LogP contribution < -0.4 is 0 Å². The SMILES string of the molecule is CC(C)COC(=O)C(SCCCC(F)(F)C(F)C(F)F)C(C)C. The summed E-state index contributed by atoms with van der Waals surface area (Å²) in [6, 6.07) is 0. The highest BCUT2D eigenvalue weighted by Crippen LogP contribution is 2.32. The third-order valence-corrected chi connectivity index (χ3v) is 4.59. The van der Waals surface area contributed by atoms with E-state index in [4.69, 9.17) is 4.74 Å². The molecule has 0 aliphatic carbocycles. The van der Waals surface area contributed by atoms with Gasteiger partial charge in [0.25, 0.3) is 12.3 Å². The lowest BCUT2D eigenvalue weighted by molar-refractivity contribution is -0.144. The monoisotopic (exact) mass is 364 g/mol. The molecule has 0 heterocycles. The fourth-order valence-corrected chi connectivity index (χ4v) is 2.86. The van der Waals surface area contributed by atoms with Crippen LogP contribution in [0.1, 0.15) is 40.5 Å². The van der Waals surface area contributed by atoms with E-state index in [1.165, 1.54) is 0 Å². The maximum Gasteiger partial charge on any atom is 0.319 e. The highest BCUT2D eigenvalue weighted by molar-refractivity contribution is 8.00. The van der Waals surface area contributed by atoms with E-state index < -0.39 is 36.2 Å². The van der Waals surface area contributed by atoms with Crippen molar-refractivity contribution in [2.75, 3.05) is 12.4 Å². The van der Waals surface area contributed by atoms with Crippen LogP contribution in [0, 0.1) is 11.8 Å². The van der Waals surface area contributed by atoms with Crippen molar-refractivity contribution in [3.63, 3.8) is 0 Å². The van der Waals surface area contributed by atoms with Gasteiger partial charge in [-0.05, 0) is 24.0 Å². The minimum atomic E-state index is -4.06. The van der Waals surface area contributed by atoms with E-state index in [9.17, 15) is 26.7 Å². The Morgan fingerprint density at radius 1 is 1.13 bits per heavy atom. The summed E-state index contributed by atoms with van der Waals surface area (Å²) in [5.74, 6) is -4.20. The Morgan fingerprint density at radius 3 is 2.13 bits per heavy atom. The van der Waals surface area contributed by atoms with Crippen molar-refractivity contribution in [2.45, 2.75) is 64.3 Å². The molecule has 0 rings (SSSR count). The van der Waals surface area contributed by atoms with Crippen LogP contribution in [0.15, 0.2) is 0 Å². The first-order chi connectivity index (χ1) is 10.5. The number of alkyl halides is 5. The van der Waals surface area contributed by atoms with Gasteiger partial charge in [-0.25, -0.2) is 22.0 Å². The fraction of sp³-hybridized carbons (Fsp3) is 0.933. The lowest BCUT2D eigenvalue weighted by Gasteiger charge is -2.22. The van der Waals surface area contributed by atoms with Gasteiger partial charge in [0.1, 0.15) is 5.25 Å². The van der Waals surface area contributed by atoms with E-state index in [1.54, 1.807) is 13.8 Å². The lowest BCUT2D eigenvalue weighted by Crippen LogP contribution is -2.35. The summed E-state index contributed by atoms with van der Waals surface area (Å²) in [5.41, 5.74) is 0. The minimum absolute atomic E-state index is 0.0600. The Balaban J connectivity index is 4.31. The van der Waals surface area contributed by atoms with E-state index >= 15 is 0 Å². The Morgan fingerprint density at radius 2 is 1.70 bits per heavy atom. The van der Waals surface area contributed by atoms with Gasteiger partial charge in [-0.2, -0.15) is 0 Å². The van der Waals surface area contributed by atoms with Crippen molar-refractivity contribution in [1.82, 2.24) is 0 Å². The molecular weight excluding hydrogens is 339 g/mol. The zero-order chi connectivity index (χ0) is 18.2. The summed E-state index contributed by atoms with van der Waals surface area (Å²) >= 11 is 1.13. The second-order valence-corrected chi connectivity index (χ2v) is 7.41. The molecule has 0 amide bonds. The molecule has 138 valence electrons. The standard InChI is InChI=1S/C15H25F5O2S/c1-9(2)8-22-14(21)11(10(3)4)23-7-5-6-15(19,20)12(16)13(17)18/h9-13H,5-8H2,1-4H3. The fourth-order valence-electron chi connectivity index (χ4n) is 1.70. The minimum Gasteiger partial charge on any atom is -0.465 e. The van der Waals surface area contributed by atoms with Gasteiger partial charge in [0.2, 0.25) is 6.17 Å². The van der Waals surface area contributed by atoms with Crippen LogP contribution in [-0.2, 0) is 9.53 Å². The van der Waals surface area contributed by atoms with Crippen molar-refractivity contribution in [1.29, 1.82) is 0 Å². The molecule has 0 spiro atoms. The number of carbonyl (C=O) groups excluding carboxylic acids is 1. The average Bonchev–Trinajstić information content (AvgIpc) is 2.43. The number of hydrogen-bond donors (Lipinski definition) is 0. The Kier molecular flexibility index (Phi) is 10.1. The number of esters is 1. The van der Waals surface area contributed by atoms with Gasteiger partial charge in [0, 0.05) is 6.42 Å². The zero-order valence-electron chi connectivity index (χ0n) is 13.8. The van der Waals surface area contributed by atoms with E-state index in [1.807, 2.05) is 13.8 Å². The summed E-state index contributed by atoms with van der Waals surface area (Å²) in [6.45, 7) is 7.67. The highest BCUT2D eigenvalue weighted by atomic mass is 32.2. The van der Waals surface area contributed by atoms with Gasteiger partial charge in [0.15, 0.2) is 0 Å². The topological polar surface area (TPSA) is 26.3 Å². The smallest absolute Gasteiger partial charge is 0.319 e. The van der Waals surface area contributed by atoms with Crippen LogP contribution in [0.2, 0.25) is 0 Å². The largest absolute Gasteiger partial charge is 0.465 e. The first kappa shape index (κ1) is 22.5. The van der Waals surface area contributed by atoms with Crippen LogP contribution in [0.25, 0.3) is 0 Å². The van der Waals surface area contributed by atoms with Crippen LogP contribution in [0.3, 0.4) is 0 Å². The third-order valence-electron chi connectivity index (χ3n) is 2.97. The van der Waals surface area contributed by atoms with Crippen LogP contribution in [-0.4, -0.2) is 42.1 Å². The molecule has 0 radical (unpaired) electrons. The first-order valence-electron chi connectivity index (χ1n) is 7.57. The maximum absolute atomic E-state index is 13.2. The Labute approximate surface area is 138 Å². The number of rotatable bonds is 11. The maximum atomic E-state index is 13.2. The van der Waals surface area contributed by atoms with E-state index in [0.29, 0.717) is 0 Å². The summed E-state index contributed by atoms with van der Waals surface area (Å²) in [5, 5.41) is -0.515. The molecule has 0 aromatic heterocycles. The van der Waals surface area contributed by atoms with E-state index in [-0.39, 0.29) is 30.6 Å². The second-order valence-electron chi connectivity index (χ2n) is 6.16. The van der Waals surface area contributed by atoms with Gasteiger partial charge < -0.3 is 4.74 Å². The van der Waals surface area contributed by atoms with Gasteiger partial charge in [-0.3, -0.25) is 4.79 Å². The molecule has 8 heteroatoms. The molecule has 0 bridgehead atoms. The lowest BCUT2D eigenvalue weighted by atomic mass is 10.1. The molecule has 0 aromatic rings. The van der Waals surface area contributed by atoms with Crippen LogP contribution in [0.4, 0.5) is 22.0 Å². The Hall–Kier alpha value is -0.530. The summed E-state index contributed by atoms with van der Waals surface area (Å²) in [6.07, 6.45) is -8.29. The predicted octanol–water partition coefficient (Wildman–Crippen LogP) is 4.96. The predicted molar refractivity (Wildman–Crippen MR) is 82.0 cm³/mol. The third kappa shape index (κ3) is 8.77. The van der Waals surface area contributed by atoms with Crippen molar-refractivity contribution >= 4 is 17.7 Å². The van der Waals surface area contributed by atoms with Gasteiger partial charge in [0.05, 0.1) is 6.61 Å². The number of carbonyl (C=O) groups is 1. The van der Waals surface area contributed by atoms with E-state index in [2.05, 4.69) is 0 Å². The second kappa shape index (κ2) is 10.4. The van der Waals surface area contributed by atoms with Gasteiger partial charge >= 0.3 is 5.97 Å². The summed E-state index contributed by atoms with van der Waals surface area (Å²) < 4.78 is 68.2. The number of hydrogen-bond acceptors (Lipinski definition) is 3. The first-order valence-corrected chi connectivity index (χ1v) is 8.62. The molecule has 2 nitrogen and oxygen atoms in total. The zero-order valence-corrected chi connectivity index (χ0v) is 14.6. The molecule has 0 aromatic carbocycles. The Bertz CT molecular complexity index is 351. The molecule has 0 N–H and O–H groups in total. The number of ether oxygens (including phenoxy) is 1. The quantitative estimate of drug-likeness (QED) is 0.294. The highest BCUT2D eigenvalue weighted by Gasteiger charge is 2.45. The molecule has 0 fully saturated rings. The van der Waals surface area contributed by atoms with Crippen molar-refractivity contribution in [3.05, 3.63) is 0 Å². The van der Waals surface area contributed by atoms with E-state index in [0.717, 1.165) is 11.8 Å². The molecule has 0 aliphatic rings. The normalized spacial score (nSPS) is 15.3. The molecule has 23 heavy (non-hydrogen) atoms. The molecule has 2 unspecified atom stereocenters. The summed E-state index contributed by atoms with van der Waals surface area (Å²) in [7, 11) is 0. The van der Waals surface area contributed by atoms with Crippen molar-refractivity contribution in [2.24, 2.45) is 11.8 Å².